The molecule has 2 N–H and O–H groups in total. The number of aryl methyl sites for hydroxylation is 1. The van der Waals surface area contributed by atoms with E-state index in [1.54, 1.807) is 31.2 Å². The predicted octanol–water partition coefficient (Wildman–Crippen LogP) is 6.30. The number of hydrogen-bond acceptors (Lipinski definition) is 5. The summed E-state index contributed by atoms with van der Waals surface area (Å²) >= 11 is 0. The summed E-state index contributed by atoms with van der Waals surface area (Å²) in [6.45, 7) is 3.03. The maximum absolute atomic E-state index is 13.4. The molecule has 3 amide bonds. The third-order valence-corrected chi connectivity index (χ3v) is 6.57. The lowest BCUT2D eigenvalue weighted by Gasteiger charge is -2.33. The van der Waals surface area contributed by atoms with E-state index in [4.69, 9.17) is 9.15 Å². The summed E-state index contributed by atoms with van der Waals surface area (Å²) in [5, 5.41) is 12.4. The van der Waals surface area contributed by atoms with Crippen molar-refractivity contribution in [2.75, 3.05) is 0 Å². The van der Waals surface area contributed by atoms with Crippen molar-refractivity contribution in [1.82, 2.24) is 10.2 Å². The molecule has 2 aromatic carbocycles. The molecule has 1 aliphatic rings. The van der Waals surface area contributed by atoms with Gasteiger partial charge in [-0.05, 0) is 60.9 Å². The molecule has 2 heterocycles. The van der Waals surface area contributed by atoms with Crippen LogP contribution < -0.4 is 10.1 Å². The average Bonchev–Trinajstić information content (AvgIpc) is 3.48. The highest BCUT2D eigenvalue weighted by atomic mass is 19.4. The van der Waals surface area contributed by atoms with Crippen molar-refractivity contribution in [1.29, 1.82) is 0 Å². The third kappa shape index (κ3) is 5.01. The zero-order chi connectivity index (χ0) is 29.5. The number of urea groups is 1. The second kappa shape index (κ2) is 10.2. The van der Waals surface area contributed by atoms with E-state index >= 15 is 0 Å². The first kappa shape index (κ1) is 29.0. The van der Waals surface area contributed by atoms with Crippen LogP contribution >= 0.6 is 0 Å². The van der Waals surface area contributed by atoms with Gasteiger partial charge in [0.05, 0.1) is 12.8 Å². The monoisotopic (exact) mass is 570 g/mol. The van der Waals surface area contributed by atoms with Gasteiger partial charge in [-0.2, -0.15) is 26.3 Å². The van der Waals surface area contributed by atoms with Crippen molar-refractivity contribution in [2.45, 2.75) is 56.7 Å². The Morgan fingerprint density at radius 3 is 2.30 bits per heavy atom. The van der Waals surface area contributed by atoms with Crippen LogP contribution in [0, 0.1) is 0 Å². The molecule has 214 valence electrons. The molecule has 1 unspecified atom stereocenters. The summed E-state index contributed by atoms with van der Waals surface area (Å²) in [6, 6.07) is 10.7. The van der Waals surface area contributed by atoms with Crippen molar-refractivity contribution >= 4 is 11.9 Å². The van der Waals surface area contributed by atoms with Crippen LogP contribution in [-0.4, -0.2) is 34.3 Å². The van der Waals surface area contributed by atoms with Gasteiger partial charge in [-0.1, -0.05) is 31.5 Å². The van der Waals surface area contributed by atoms with Crippen LogP contribution in [0.15, 0.2) is 65.3 Å². The summed E-state index contributed by atoms with van der Waals surface area (Å²) < 4.78 is 91.4. The Morgan fingerprint density at radius 1 is 1.00 bits per heavy atom. The lowest BCUT2D eigenvalue weighted by Crippen LogP contribution is -2.53. The molecule has 1 aliphatic heterocycles. The number of ether oxygens (including phenoxy) is 1. The Morgan fingerprint density at radius 2 is 1.70 bits per heavy atom. The van der Waals surface area contributed by atoms with Gasteiger partial charge in [-0.3, -0.25) is 9.69 Å². The van der Waals surface area contributed by atoms with E-state index in [-0.39, 0.29) is 35.8 Å². The van der Waals surface area contributed by atoms with Crippen molar-refractivity contribution in [3.63, 3.8) is 0 Å². The van der Waals surface area contributed by atoms with Crippen LogP contribution in [0.1, 0.15) is 42.7 Å². The number of nitrogens with zero attached hydrogens (tertiary/aromatic N) is 1. The van der Waals surface area contributed by atoms with E-state index < -0.39 is 41.0 Å². The van der Waals surface area contributed by atoms with Crippen molar-refractivity contribution in [2.24, 2.45) is 0 Å². The second-order valence-electron chi connectivity index (χ2n) is 9.45. The number of carbonyl (C=O) groups is 2. The molecule has 0 spiro atoms. The maximum Gasteiger partial charge on any atom is 0.430 e. The summed E-state index contributed by atoms with van der Waals surface area (Å²) in [5.41, 5.74) is -7.37. The number of hydrogen-bond donors (Lipinski definition) is 2. The van der Waals surface area contributed by atoms with Crippen LogP contribution in [0.2, 0.25) is 0 Å². The fraction of sp³-hybridized carbons (Fsp3) is 0.333. The number of benzene rings is 2. The summed E-state index contributed by atoms with van der Waals surface area (Å²) in [4.78, 5) is 26.6. The smallest absolute Gasteiger partial charge is 0.430 e. The lowest BCUT2D eigenvalue weighted by atomic mass is 9.90. The number of halogens is 6. The molecule has 0 aliphatic carbocycles. The molecule has 0 saturated carbocycles. The van der Waals surface area contributed by atoms with Gasteiger partial charge in [-0.25, -0.2) is 4.79 Å². The molecule has 1 fully saturated rings. The van der Waals surface area contributed by atoms with Crippen molar-refractivity contribution in [3.05, 3.63) is 83.3 Å². The molecule has 3 aromatic rings. The Kier molecular flexibility index (Phi) is 7.39. The van der Waals surface area contributed by atoms with E-state index in [1.807, 2.05) is 0 Å². The van der Waals surface area contributed by atoms with Gasteiger partial charge in [0.25, 0.3) is 11.5 Å². The van der Waals surface area contributed by atoms with Crippen LogP contribution in [0.3, 0.4) is 0 Å². The highest BCUT2D eigenvalue weighted by Gasteiger charge is 2.71. The molecule has 7 nitrogen and oxygen atoms in total. The number of imide groups is 1. The first-order chi connectivity index (χ1) is 18.6. The van der Waals surface area contributed by atoms with E-state index in [9.17, 15) is 41.0 Å². The van der Waals surface area contributed by atoms with E-state index in [0.717, 1.165) is 11.0 Å². The van der Waals surface area contributed by atoms with Crippen molar-refractivity contribution < 1.29 is 50.2 Å². The zero-order valence-corrected chi connectivity index (χ0v) is 21.2. The molecule has 4 rings (SSSR count). The van der Waals surface area contributed by atoms with Crippen LogP contribution in [-0.2, 0) is 28.9 Å². The number of nitrogens with one attached hydrogen (secondary N) is 1. The second-order valence-corrected chi connectivity index (χ2v) is 9.45. The van der Waals surface area contributed by atoms with Crippen LogP contribution in [0.25, 0.3) is 0 Å². The Hall–Kier alpha value is -4.00. The van der Waals surface area contributed by atoms with E-state index in [1.165, 1.54) is 25.3 Å². The van der Waals surface area contributed by atoms with Gasteiger partial charge >= 0.3 is 18.4 Å². The van der Waals surface area contributed by atoms with Crippen molar-refractivity contribution in [3.8, 4) is 11.5 Å². The Bertz CT molecular complexity index is 1390. The third-order valence-electron chi connectivity index (χ3n) is 6.57. The fourth-order valence-corrected chi connectivity index (χ4v) is 4.44. The summed E-state index contributed by atoms with van der Waals surface area (Å²) in [7, 11) is 0. The number of carbonyl (C=O) groups excluding carboxylic acids is 2. The normalized spacial score (nSPS) is 18.3. The number of furan rings is 1. The van der Waals surface area contributed by atoms with Gasteiger partial charge in [0, 0.05) is 5.56 Å². The highest BCUT2D eigenvalue weighted by Crippen LogP contribution is 2.50. The van der Waals surface area contributed by atoms with Gasteiger partial charge in [0.15, 0.2) is 5.54 Å². The molecule has 0 radical (unpaired) electrons. The first-order valence-corrected chi connectivity index (χ1v) is 12.1. The summed E-state index contributed by atoms with van der Waals surface area (Å²) in [6.07, 6.45) is -10.2. The van der Waals surface area contributed by atoms with E-state index in [2.05, 4.69) is 5.32 Å². The number of alkyl halides is 6. The number of amides is 3. The van der Waals surface area contributed by atoms with Gasteiger partial charge < -0.3 is 19.6 Å². The summed E-state index contributed by atoms with van der Waals surface area (Å²) in [5.74, 6) is -0.165. The molecule has 13 heteroatoms. The van der Waals surface area contributed by atoms with Crippen LogP contribution in [0.4, 0.5) is 31.1 Å². The Balaban J connectivity index is 1.60. The number of rotatable bonds is 8. The molecular formula is C27H24F6N2O5. The quantitative estimate of drug-likeness (QED) is 0.245. The molecule has 40 heavy (non-hydrogen) atoms. The maximum atomic E-state index is 13.4. The minimum Gasteiger partial charge on any atom is -0.466 e. The van der Waals surface area contributed by atoms with Gasteiger partial charge in [0.1, 0.15) is 17.3 Å². The average molecular weight is 570 g/mol. The minimum absolute atomic E-state index is 0.0145. The molecule has 1 saturated heterocycles. The zero-order valence-electron chi connectivity index (χ0n) is 21.2. The van der Waals surface area contributed by atoms with Crippen LogP contribution in [0.5, 0.6) is 11.5 Å². The number of aliphatic hydroxyl groups is 1. The van der Waals surface area contributed by atoms with Gasteiger partial charge in [0.2, 0.25) is 0 Å². The molecule has 1 atom stereocenters. The predicted molar refractivity (Wildman–Crippen MR) is 128 cm³/mol. The molecule has 0 bridgehead atoms. The largest absolute Gasteiger partial charge is 0.466 e. The first-order valence-electron chi connectivity index (χ1n) is 12.1. The lowest BCUT2D eigenvalue weighted by molar-refractivity contribution is -0.376. The topological polar surface area (TPSA) is 92.0 Å². The highest BCUT2D eigenvalue weighted by molar-refractivity contribution is 6.06. The van der Waals surface area contributed by atoms with E-state index in [0.29, 0.717) is 24.1 Å². The minimum atomic E-state index is -6.02. The Labute approximate surface area is 224 Å². The standard InChI is InChI=1S/C27H24F6N2O5/c1-3-6-17-14-18(25(38,26(28,29)30)27(31,32)33)10-11-20(17)40-19-8-4-7-16(13-19)15-35-22(36)24(2,34-23(35)37)21-9-5-12-39-21/h4-5,7-14,38H,3,6,15H2,1-2H3,(H,34,37). The molecular weight excluding hydrogens is 546 g/mol. The van der Waals surface area contributed by atoms with Gasteiger partial charge in [-0.15, -0.1) is 0 Å². The fourth-order valence-electron chi connectivity index (χ4n) is 4.44. The molecule has 1 aromatic heterocycles. The SMILES string of the molecule is CCCc1cc(C(O)(C(F)(F)F)C(F)(F)F)ccc1Oc1cccc(CN2C(=O)NC(C)(c3ccco3)C2=O)c1.